The first kappa shape index (κ1) is 12.9. The SMILES string of the molecule is CCC1(C)CCN(c2nc3sccn3c2CN)CC1. The quantitative estimate of drug-likeness (QED) is 0.939. The van der Waals surface area contributed by atoms with Crippen molar-refractivity contribution in [1.29, 1.82) is 0 Å². The molecule has 1 aliphatic heterocycles. The van der Waals surface area contributed by atoms with Gasteiger partial charge in [0.1, 0.15) is 0 Å². The first-order chi connectivity index (χ1) is 9.17. The minimum Gasteiger partial charge on any atom is -0.355 e. The number of fused-ring (bicyclic) bond motifs is 1. The second kappa shape index (κ2) is 4.80. The van der Waals surface area contributed by atoms with Crippen LogP contribution in [0.4, 0.5) is 5.82 Å². The number of piperidine rings is 1. The van der Waals surface area contributed by atoms with Crippen molar-refractivity contribution in [3.05, 3.63) is 17.3 Å². The lowest BCUT2D eigenvalue weighted by Crippen LogP contribution is -2.39. The van der Waals surface area contributed by atoms with Gasteiger partial charge in [-0.2, -0.15) is 0 Å². The van der Waals surface area contributed by atoms with E-state index in [0.717, 1.165) is 29.6 Å². The van der Waals surface area contributed by atoms with Crippen LogP contribution in [0.3, 0.4) is 0 Å². The van der Waals surface area contributed by atoms with Gasteiger partial charge in [-0.1, -0.05) is 20.3 Å². The molecule has 2 N–H and O–H groups in total. The van der Waals surface area contributed by atoms with Gasteiger partial charge in [0.05, 0.1) is 5.69 Å². The molecule has 2 aromatic rings. The Morgan fingerprint density at radius 2 is 2.16 bits per heavy atom. The van der Waals surface area contributed by atoms with Gasteiger partial charge in [-0.25, -0.2) is 4.98 Å². The minimum absolute atomic E-state index is 0.510. The first-order valence-electron chi connectivity index (χ1n) is 7.06. The summed E-state index contributed by atoms with van der Waals surface area (Å²) in [7, 11) is 0. The van der Waals surface area contributed by atoms with E-state index in [1.807, 2.05) is 0 Å². The lowest BCUT2D eigenvalue weighted by Gasteiger charge is -2.39. The normalized spacial score (nSPS) is 19.2. The summed E-state index contributed by atoms with van der Waals surface area (Å²) in [6.07, 6.45) is 5.83. The Labute approximate surface area is 118 Å². The van der Waals surface area contributed by atoms with E-state index >= 15 is 0 Å². The van der Waals surface area contributed by atoms with Crippen molar-refractivity contribution >= 4 is 22.1 Å². The molecule has 3 rings (SSSR count). The van der Waals surface area contributed by atoms with Crippen molar-refractivity contribution in [3.63, 3.8) is 0 Å². The molecule has 0 spiro atoms. The van der Waals surface area contributed by atoms with Crippen LogP contribution >= 0.6 is 11.3 Å². The molecule has 5 heteroatoms. The highest BCUT2D eigenvalue weighted by atomic mass is 32.1. The zero-order valence-electron chi connectivity index (χ0n) is 11.7. The number of nitrogens with two attached hydrogens (primary N) is 1. The van der Waals surface area contributed by atoms with E-state index in [4.69, 9.17) is 10.7 Å². The predicted molar refractivity (Wildman–Crippen MR) is 80.8 cm³/mol. The van der Waals surface area contributed by atoms with E-state index in [-0.39, 0.29) is 0 Å². The van der Waals surface area contributed by atoms with Crippen LogP contribution in [0.15, 0.2) is 11.6 Å². The zero-order valence-corrected chi connectivity index (χ0v) is 12.5. The Hall–Kier alpha value is -1.07. The maximum Gasteiger partial charge on any atom is 0.195 e. The van der Waals surface area contributed by atoms with Gasteiger partial charge < -0.3 is 10.6 Å². The number of hydrogen-bond acceptors (Lipinski definition) is 4. The second-order valence-electron chi connectivity index (χ2n) is 5.79. The van der Waals surface area contributed by atoms with E-state index in [1.54, 1.807) is 11.3 Å². The Balaban J connectivity index is 1.87. The van der Waals surface area contributed by atoms with Crippen LogP contribution in [-0.4, -0.2) is 22.5 Å². The van der Waals surface area contributed by atoms with Gasteiger partial charge in [-0.05, 0) is 18.3 Å². The number of anilines is 1. The molecule has 0 amide bonds. The van der Waals surface area contributed by atoms with Crippen LogP contribution in [0.1, 0.15) is 38.8 Å². The molecule has 0 bridgehead atoms. The predicted octanol–water partition coefficient (Wildman–Crippen LogP) is 2.87. The van der Waals surface area contributed by atoms with Crippen LogP contribution in [-0.2, 0) is 6.54 Å². The molecule has 19 heavy (non-hydrogen) atoms. The van der Waals surface area contributed by atoms with Crippen molar-refractivity contribution in [3.8, 4) is 0 Å². The van der Waals surface area contributed by atoms with Gasteiger partial charge in [0.2, 0.25) is 0 Å². The van der Waals surface area contributed by atoms with Crippen molar-refractivity contribution in [1.82, 2.24) is 9.38 Å². The van der Waals surface area contributed by atoms with Crippen LogP contribution < -0.4 is 10.6 Å². The average Bonchev–Trinajstić information content (AvgIpc) is 2.99. The zero-order chi connectivity index (χ0) is 13.5. The highest BCUT2D eigenvalue weighted by Crippen LogP contribution is 2.36. The van der Waals surface area contributed by atoms with Gasteiger partial charge in [0, 0.05) is 31.2 Å². The fraction of sp³-hybridized carbons (Fsp3) is 0.643. The molecule has 4 nitrogen and oxygen atoms in total. The van der Waals surface area contributed by atoms with Crippen LogP contribution in [0.2, 0.25) is 0 Å². The summed E-state index contributed by atoms with van der Waals surface area (Å²) in [5.74, 6) is 1.10. The highest BCUT2D eigenvalue weighted by Gasteiger charge is 2.30. The van der Waals surface area contributed by atoms with Gasteiger partial charge in [0.25, 0.3) is 0 Å². The van der Waals surface area contributed by atoms with E-state index in [2.05, 4.69) is 34.7 Å². The lowest BCUT2D eigenvalue weighted by atomic mass is 9.78. The number of hydrogen-bond donors (Lipinski definition) is 1. The molecule has 3 heterocycles. The molecule has 0 aromatic carbocycles. The third-order valence-electron chi connectivity index (χ3n) is 4.66. The number of nitrogens with zero attached hydrogens (tertiary/aromatic N) is 3. The smallest absolute Gasteiger partial charge is 0.195 e. The Morgan fingerprint density at radius 1 is 1.42 bits per heavy atom. The fourth-order valence-corrected chi connectivity index (χ4v) is 3.60. The number of aromatic nitrogens is 2. The number of imidazole rings is 1. The van der Waals surface area contributed by atoms with Gasteiger partial charge in [-0.15, -0.1) is 11.3 Å². The molecule has 104 valence electrons. The van der Waals surface area contributed by atoms with Crippen LogP contribution in [0, 0.1) is 5.41 Å². The summed E-state index contributed by atoms with van der Waals surface area (Å²) in [5.41, 5.74) is 7.58. The van der Waals surface area contributed by atoms with Crippen molar-refractivity contribution in [2.45, 2.75) is 39.7 Å². The Morgan fingerprint density at radius 3 is 2.79 bits per heavy atom. The van der Waals surface area contributed by atoms with Gasteiger partial charge in [0.15, 0.2) is 10.8 Å². The average molecular weight is 278 g/mol. The molecule has 0 unspecified atom stereocenters. The number of rotatable bonds is 3. The minimum atomic E-state index is 0.510. The summed E-state index contributed by atoms with van der Waals surface area (Å²) in [4.78, 5) is 8.24. The fourth-order valence-electron chi connectivity index (χ4n) is 2.88. The molecule has 0 saturated carbocycles. The van der Waals surface area contributed by atoms with Gasteiger partial charge >= 0.3 is 0 Å². The molecular weight excluding hydrogens is 256 g/mol. The molecule has 1 saturated heterocycles. The third-order valence-corrected chi connectivity index (χ3v) is 5.41. The van der Waals surface area contributed by atoms with Gasteiger partial charge in [-0.3, -0.25) is 4.40 Å². The van der Waals surface area contributed by atoms with Crippen molar-refractivity contribution < 1.29 is 0 Å². The summed E-state index contributed by atoms with van der Waals surface area (Å²) >= 11 is 1.68. The summed E-state index contributed by atoms with van der Waals surface area (Å²) in [6.45, 7) is 7.45. The molecule has 1 aliphatic rings. The lowest BCUT2D eigenvalue weighted by molar-refractivity contribution is 0.237. The third kappa shape index (κ3) is 2.15. The highest BCUT2D eigenvalue weighted by molar-refractivity contribution is 7.15. The largest absolute Gasteiger partial charge is 0.355 e. The maximum absolute atomic E-state index is 5.92. The molecular formula is C14H22N4S. The van der Waals surface area contributed by atoms with Crippen LogP contribution in [0.25, 0.3) is 4.96 Å². The molecule has 0 radical (unpaired) electrons. The standard InChI is InChI=1S/C14H22N4S/c1-3-14(2)4-6-17(7-5-14)12-11(10-15)18-8-9-19-13(18)16-12/h8-9H,3-7,10,15H2,1-2H3. The van der Waals surface area contributed by atoms with Crippen LogP contribution in [0.5, 0.6) is 0 Å². The van der Waals surface area contributed by atoms with E-state index in [1.165, 1.54) is 19.3 Å². The topological polar surface area (TPSA) is 46.6 Å². The molecule has 0 atom stereocenters. The van der Waals surface area contributed by atoms with Crippen molar-refractivity contribution in [2.24, 2.45) is 11.1 Å². The molecule has 1 fully saturated rings. The summed E-state index contributed by atoms with van der Waals surface area (Å²) < 4.78 is 2.13. The summed E-state index contributed by atoms with van der Waals surface area (Å²) in [6, 6.07) is 0. The van der Waals surface area contributed by atoms with E-state index in [0.29, 0.717) is 12.0 Å². The van der Waals surface area contributed by atoms with Crippen molar-refractivity contribution in [2.75, 3.05) is 18.0 Å². The second-order valence-corrected chi connectivity index (χ2v) is 6.67. The Kier molecular flexibility index (Phi) is 3.27. The first-order valence-corrected chi connectivity index (χ1v) is 7.94. The molecule has 0 aliphatic carbocycles. The van der Waals surface area contributed by atoms with E-state index < -0.39 is 0 Å². The Bertz CT molecular complexity index is 563. The summed E-state index contributed by atoms with van der Waals surface area (Å²) in [5, 5.41) is 2.07. The van der Waals surface area contributed by atoms with E-state index in [9.17, 15) is 0 Å². The number of thiazole rings is 1. The maximum atomic E-state index is 5.92. The molecule has 2 aromatic heterocycles. The monoisotopic (exact) mass is 278 g/mol.